The molecule has 0 aliphatic carbocycles. The zero-order chi connectivity index (χ0) is 15.2. The molecule has 118 valence electrons. The Labute approximate surface area is 128 Å². The van der Waals surface area contributed by atoms with E-state index in [0.29, 0.717) is 12.0 Å². The Morgan fingerprint density at radius 2 is 1.90 bits per heavy atom. The number of hydrogen-bond donors (Lipinski definition) is 1. The number of ether oxygens (including phenoxy) is 2. The van der Waals surface area contributed by atoms with Gasteiger partial charge in [-0.05, 0) is 18.9 Å². The van der Waals surface area contributed by atoms with E-state index in [9.17, 15) is 0 Å². The third-order valence-electron chi connectivity index (χ3n) is 4.46. The van der Waals surface area contributed by atoms with Crippen LogP contribution < -0.4 is 19.7 Å². The fourth-order valence-corrected chi connectivity index (χ4v) is 2.83. The number of nitrogens with one attached hydrogen (secondary N) is 1. The molecule has 1 aromatic carbocycles. The van der Waals surface area contributed by atoms with Crippen molar-refractivity contribution >= 4 is 5.69 Å². The summed E-state index contributed by atoms with van der Waals surface area (Å²) < 4.78 is 10.8. The molecule has 1 fully saturated rings. The SMILES string of the molecule is CCC(C)C1CN(c2cc(OC)cc(OC)c2)CCCN1. The lowest BCUT2D eigenvalue weighted by Crippen LogP contribution is -2.42. The smallest absolute Gasteiger partial charge is 0.124 e. The van der Waals surface area contributed by atoms with Crippen molar-refractivity contribution in [3.63, 3.8) is 0 Å². The molecule has 1 heterocycles. The van der Waals surface area contributed by atoms with Crippen LogP contribution in [0.25, 0.3) is 0 Å². The van der Waals surface area contributed by atoms with Crippen LogP contribution in [0.4, 0.5) is 5.69 Å². The summed E-state index contributed by atoms with van der Waals surface area (Å²) in [4.78, 5) is 2.45. The minimum Gasteiger partial charge on any atom is -0.497 e. The molecule has 0 radical (unpaired) electrons. The molecule has 0 amide bonds. The predicted molar refractivity (Wildman–Crippen MR) is 87.6 cm³/mol. The third kappa shape index (κ3) is 4.03. The van der Waals surface area contributed by atoms with E-state index in [1.165, 1.54) is 12.1 Å². The number of methoxy groups -OCH3 is 2. The molecule has 1 aliphatic rings. The molecular formula is C17H28N2O2. The van der Waals surface area contributed by atoms with E-state index >= 15 is 0 Å². The first kappa shape index (κ1) is 16.0. The Hall–Kier alpha value is -1.42. The lowest BCUT2D eigenvalue weighted by Gasteiger charge is -2.30. The maximum absolute atomic E-state index is 5.39. The van der Waals surface area contributed by atoms with Gasteiger partial charge in [-0.3, -0.25) is 0 Å². The molecule has 2 unspecified atom stereocenters. The second-order valence-electron chi connectivity index (χ2n) is 5.82. The minimum absolute atomic E-state index is 0.537. The standard InChI is InChI=1S/C17H28N2O2/c1-5-13(2)17-12-19(8-6-7-18-17)14-9-15(20-3)11-16(10-14)21-4/h9-11,13,17-18H,5-8,12H2,1-4H3. The van der Waals surface area contributed by atoms with Gasteiger partial charge in [0.25, 0.3) is 0 Å². The number of rotatable bonds is 5. The monoisotopic (exact) mass is 292 g/mol. The summed E-state index contributed by atoms with van der Waals surface area (Å²) in [6.07, 6.45) is 2.36. The topological polar surface area (TPSA) is 33.7 Å². The first-order valence-electron chi connectivity index (χ1n) is 7.89. The van der Waals surface area contributed by atoms with Crippen molar-refractivity contribution in [1.82, 2.24) is 5.32 Å². The van der Waals surface area contributed by atoms with E-state index in [-0.39, 0.29) is 0 Å². The van der Waals surface area contributed by atoms with Gasteiger partial charge in [0, 0.05) is 43.0 Å². The molecule has 21 heavy (non-hydrogen) atoms. The molecule has 0 saturated carbocycles. The summed E-state index contributed by atoms with van der Waals surface area (Å²) in [5.74, 6) is 2.38. The van der Waals surface area contributed by atoms with Crippen molar-refractivity contribution in [2.24, 2.45) is 5.92 Å². The van der Waals surface area contributed by atoms with Gasteiger partial charge in [0.15, 0.2) is 0 Å². The van der Waals surface area contributed by atoms with E-state index in [2.05, 4.69) is 36.2 Å². The van der Waals surface area contributed by atoms with Gasteiger partial charge in [0.2, 0.25) is 0 Å². The first-order chi connectivity index (χ1) is 10.2. The van der Waals surface area contributed by atoms with Gasteiger partial charge in [0.05, 0.1) is 14.2 Å². The molecular weight excluding hydrogens is 264 g/mol. The highest BCUT2D eigenvalue weighted by molar-refractivity contribution is 5.56. The molecule has 0 aromatic heterocycles. The molecule has 4 heteroatoms. The van der Waals surface area contributed by atoms with E-state index in [1.807, 2.05) is 6.07 Å². The van der Waals surface area contributed by atoms with Crippen LogP contribution in [0.1, 0.15) is 26.7 Å². The molecule has 2 atom stereocenters. The minimum atomic E-state index is 0.537. The van der Waals surface area contributed by atoms with Crippen molar-refractivity contribution in [3.8, 4) is 11.5 Å². The van der Waals surface area contributed by atoms with E-state index in [1.54, 1.807) is 14.2 Å². The van der Waals surface area contributed by atoms with Crippen molar-refractivity contribution < 1.29 is 9.47 Å². The van der Waals surface area contributed by atoms with Crippen molar-refractivity contribution in [2.75, 3.05) is 38.8 Å². The van der Waals surface area contributed by atoms with E-state index in [4.69, 9.17) is 9.47 Å². The van der Waals surface area contributed by atoms with Crippen molar-refractivity contribution in [2.45, 2.75) is 32.7 Å². The lowest BCUT2D eigenvalue weighted by atomic mass is 9.99. The van der Waals surface area contributed by atoms with Crippen LogP contribution in [0.15, 0.2) is 18.2 Å². The Kier molecular flexibility index (Phi) is 5.74. The van der Waals surface area contributed by atoms with Crippen LogP contribution >= 0.6 is 0 Å². The fraction of sp³-hybridized carbons (Fsp3) is 0.647. The molecule has 4 nitrogen and oxygen atoms in total. The molecule has 1 saturated heterocycles. The Balaban J connectivity index is 2.22. The van der Waals surface area contributed by atoms with Crippen LogP contribution in [0.3, 0.4) is 0 Å². The average Bonchev–Trinajstić information content (AvgIpc) is 2.79. The lowest BCUT2D eigenvalue weighted by molar-refractivity contribution is 0.382. The highest BCUT2D eigenvalue weighted by Crippen LogP contribution is 2.29. The first-order valence-corrected chi connectivity index (χ1v) is 7.89. The van der Waals surface area contributed by atoms with Gasteiger partial charge in [-0.25, -0.2) is 0 Å². The molecule has 1 aromatic rings. The summed E-state index contributed by atoms with van der Waals surface area (Å²) in [6, 6.07) is 6.66. The maximum Gasteiger partial charge on any atom is 0.124 e. The second kappa shape index (κ2) is 7.55. The van der Waals surface area contributed by atoms with Crippen LogP contribution in [-0.4, -0.2) is 39.9 Å². The van der Waals surface area contributed by atoms with Crippen molar-refractivity contribution in [1.29, 1.82) is 0 Å². The summed E-state index contributed by atoms with van der Waals surface area (Å²) >= 11 is 0. The van der Waals surface area contributed by atoms with Crippen LogP contribution in [-0.2, 0) is 0 Å². The van der Waals surface area contributed by atoms with Gasteiger partial charge < -0.3 is 19.7 Å². The zero-order valence-electron chi connectivity index (χ0n) is 13.7. The van der Waals surface area contributed by atoms with Gasteiger partial charge in [0.1, 0.15) is 11.5 Å². The van der Waals surface area contributed by atoms with Crippen LogP contribution in [0.2, 0.25) is 0 Å². The number of anilines is 1. The van der Waals surface area contributed by atoms with Gasteiger partial charge in [-0.15, -0.1) is 0 Å². The van der Waals surface area contributed by atoms with Gasteiger partial charge in [-0.1, -0.05) is 20.3 Å². The maximum atomic E-state index is 5.39. The molecule has 0 bridgehead atoms. The molecule has 0 spiro atoms. The van der Waals surface area contributed by atoms with Crippen molar-refractivity contribution in [3.05, 3.63) is 18.2 Å². The summed E-state index contributed by atoms with van der Waals surface area (Å²) in [7, 11) is 3.40. The second-order valence-corrected chi connectivity index (χ2v) is 5.82. The highest BCUT2D eigenvalue weighted by Gasteiger charge is 2.22. The largest absolute Gasteiger partial charge is 0.497 e. The Bertz CT molecular complexity index is 428. The molecule has 1 N–H and O–H groups in total. The molecule has 1 aliphatic heterocycles. The van der Waals surface area contributed by atoms with Gasteiger partial charge >= 0.3 is 0 Å². The Morgan fingerprint density at radius 1 is 1.24 bits per heavy atom. The highest BCUT2D eigenvalue weighted by atomic mass is 16.5. The average molecular weight is 292 g/mol. The normalized spacial score (nSPS) is 20.8. The van der Waals surface area contributed by atoms with Gasteiger partial charge in [-0.2, -0.15) is 0 Å². The predicted octanol–water partition coefficient (Wildman–Crippen LogP) is 2.92. The van der Waals surface area contributed by atoms with E-state index in [0.717, 1.165) is 37.6 Å². The summed E-state index contributed by atoms with van der Waals surface area (Å²) in [6.45, 7) is 7.78. The van der Waals surface area contributed by atoms with Crippen LogP contribution in [0, 0.1) is 5.92 Å². The Morgan fingerprint density at radius 3 is 2.48 bits per heavy atom. The number of nitrogens with zero attached hydrogens (tertiary/aromatic N) is 1. The summed E-state index contributed by atoms with van der Waals surface area (Å²) in [5.41, 5.74) is 1.18. The van der Waals surface area contributed by atoms with E-state index < -0.39 is 0 Å². The molecule has 2 rings (SSSR count). The fourth-order valence-electron chi connectivity index (χ4n) is 2.83. The quantitative estimate of drug-likeness (QED) is 0.905. The zero-order valence-corrected chi connectivity index (χ0v) is 13.7. The third-order valence-corrected chi connectivity index (χ3v) is 4.46. The summed E-state index contributed by atoms with van der Waals surface area (Å²) in [5, 5.41) is 3.69. The van der Waals surface area contributed by atoms with Crippen LogP contribution in [0.5, 0.6) is 11.5 Å². The number of benzene rings is 1. The number of hydrogen-bond acceptors (Lipinski definition) is 4.